The van der Waals surface area contributed by atoms with E-state index >= 15 is 0 Å². The second kappa shape index (κ2) is 13.7. The van der Waals surface area contributed by atoms with Crippen LogP contribution >= 0.6 is 28.3 Å². The van der Waals surface area contributed by atoms with E-state index in [0.717, 1.165) is 58.9 Å². The Morgan fingerprint density at radius 1 is 1.06 bits per heavy atom. The van der Waals surface area contributed by atoms with Crippen molar-refractivity contribution in [2.24, 2.45) is 4.99 Å². The highest BCUT2D eigenvalue weighted by molar-refractivity contribution is 9.10. The fourth-order valence-corrected chi connectivity index (χ4v) is 4.41. The Bertz CT molecular complexity index is 1090. The summed E-state index contributed by atoms with van der Waals surface area (Å²) in [6.07, 6.45) is 2.00. The molecule has 5 nitrogen and oxygen atoms in total. The van der Waals surface area contributed by atoms with Crippen molar-refractivity contribution in [3.8, 4) is 5.88 Å². The molecule has 0 saturated heterocycles. The lowest BCUT2D eigenvalue weighted by Gasteiger charge is -2.37. The molecular weight excluding hydrogens is 514 g/mol. The van der Waals surface area contributed by atoms with Gasteiger partial charge in [-0.05, 0) is 43.9 Å². The first-order valence-electron chi connectivity index (χ1n) is 11.8. The van der Waals surface area contributed by atoms with E-state index in [1.807, 2.05) is 30.3 Å². The number of fused-ring (bicyclic) bond motifs is 1. The minimum atomic E-state index is -0.208. The molecule has 0 bridgehead atoms. The number of hydrogen-bond donors (Lipinski definition) is 0. The quantitative estimate of drug-likeness (QED) is 0.125. The van der Waals surface area contributed by atoms with Gasteiger partial charge in [0.15, 0.2) is 0 Å². The van der Waals surface area contributed by atoms with E-state index in [4.69, 9.17) is 4.74 Å². The monoisotopic (exact) mass is 547 g/mol. The lowest BCUT2D eigenvalue weighted by Crippen LogP contribution is -2.48. The van der Waals surface area contributed by atoms with Gasteiger partial charge in [0, 0.05) is 21.5 Å². The highest BCUT2D eigenvalue weighted by Gasteiger charge is 2.24. The number of aromatic nitrogens is 1. The molecular formula is C27H35BrClN3O2. The second-order valence-corrected chi connectivity index (χ2v) is 9.22. The third kappa shape index (κ3) is 7.17. The van der Waals surface area contributed by atoms with E-state index in [-0.39, 0.29) is 18.3 Å². The van der Waals surface area contributed by atoms with Crippen LogP contribution in [-0.4, -0.2) is 48.2 Å². The van der Waals surface area contributed by atoms with Crippen LogP contribution in [0.15, 0.2) is 64.1 Å². The number of aliphatic imine (C=N–C) groups is 1. The highest BCUT2D eigenvalue weighted by atomic mass is 79.9. The number of nitrogens with zero attached hydrogens (tertiary/aromatic N) is 3. The highest BCUT2D eigenvalue weighted by Crippen LogP contribution is 2.24. The Morgan fingerprint density at radius 2 is 1.76 bits per heavy atom. The minimum absolute atomic E-state index is 0. The van der Waals surface area contributed by atoms with E-state index in [2.05, 4.69) is 64.9 Å². The number of pyridine rings is 1. The molecule has 0 radical (unpaired) electrons. The van der Waals surface area contributed by atoms with Crippen LogP contribution in [-0.2, 0) is 6.54 Å². The summed E-state index contributed by atoms with van der Waals surface area (Å²) < 4.78 is 7.81. The van der Waals surface area contributed by atoms with Gasteiger partial charge in [-0.2, -0.15) is 0 Å². The van der Waals surface area contributed by atoms with Gasteiger partial charge in [0.1, 0.15) is 6.54 Å². The molecule has 1 heterocycles. The maximum atomic E-state index is 13.2. The fraction of sp³-hybridized carbons (Fsp3) is 0.407. The molecule has 0 unspecified atom stereocenters. The van der Waals surface area contributed by atoms with Gasteiger partial charge < -0.3 is 14.3 Å². The molecule has 0 aliphatic heterocycles. The molecule has 0 spiro atoms. The van der Waals surface area contributed by atoms with Crippen LogP contribution in [0.25, 0.3) is 10.9 Å². The molecule has 0 fully saturated rings. The predicted octanol–water partition coefficient (Wildman–Crippen LogP) is 5.76. The molecule has 0 amide bonds. The largest absolute Gasteiger partial charge is 0.858 e. The van der Waals surface area contributed by atoms with Crippen molar-refractivity contribution in [2.45, 2.75) is 40.2 Å². The number of unbranched alkanes of at least 4 members (excludes halogenated alkanes) is 1. The zero-order valence-corrected chi connectivity index (χ0v) is 22.7. The SMILES string of the molecule is CCCCOc1cc(C([O-])=NCC[N+](CC)(CC)Cc2ccccc2Br)c2ccccc2n1.Cl. The van der Waals surface area contributed by atoms with Gasteiger partial charge in [-0.25, -0.2) is 4.98 Å². The Hall–Kier alpha value is -2.15. The Kier molecular flexibility index (Phi) is 11.3. The van der Waals surface area contributed by atoms with Crippen LogP contribution in [0.3, 0.4) is 0 Å². The van der Waals surface area contributed by atoms with E-state index in [1.165, 1.54) is 5.56 Å². The lowest BCUT2D eigenvalue weighted by molar-refractivity contribution is -0.936. The van der Waals surface area contributed by atoms with Crippen LogP contribution in [0.4, 0.5) is 0 Å². The van der Waals surface area contributed by atoms with Gasteiger partial charge in [0.05, 0.1) is 38.3 Å². The molecule has 3 rings (SSSR count). The number of ether oxygens (including phenoxy) is 1. The number of likely N-dealkylation sites (N-methyl/N-ethyl adjacent to an activating group) is 1. The summed E-state index contributed by atoms with van der Waals surface area (Å²) in [5.41, 5.74) is 2.59. The fourth-order valence-electron chi connectivity index (χ4n) is 4.00. The van der Waals surface area contributed by atoms with Crippen molar-refractivity contribution in [2.75, 3.05) is 32.8 Å². The van der Waals surface area contributed by atoms with Crippen LogP contribution in [0.2, 0.25) is 0 Å². The molecule has 2 aromatic carbocycles. The third-order valence-electron chi connectivity index (χ3n) is 6.31. The van der Waals surface area contributed by atoms with E-state index in [1.54, 1.807) is 6.07 Å². The smallest absolute Gasteiger partial charge is 0.214 e. The standard InChI is InChI=1S/C27H34BrN3O2.ClH/c1-4-7-18-33-26-19-23(22-13-9-11-15-25(22)30-26)27(32)29-16-17-31(5-2,6-3)20-21-12-8-10-14-24(21)28;/h8-15,19H,4-7,16-18,20H2,1-3H3;1H. The Labute approximate surface area is 218 Å². The predicted molar refractivity (Wildman–Crippen MR) is 145 cm³/mol. The van der Waals surface area contributed by atoms with Gasteiger partial charge in [-0.3, -0.25) is 4.99 Å². The van der Waals surface area contributed by atoms with Gasteiger partial charge in [0.25, 0.3) is 0 Å². The number of hydrogen-bond acceptors (Lipinski definition) is 4. The van der Waals surface area contributed by atoms with E-state index in [9.17, 15) is 5.11 Å². The molecule has 184 valence electrons. The topological polar surface area (TPSA) is 57.5 Å². The summed E-state index contributed by atoms with van der Waals surface area (Å²) >= 11 is 3.68. The summed E-state index contributed by atoms with van der Waals surface area (Å²) in [6, 6.07) is 17.8. The molecule has 3 aromatic rings. The summed E-state index contributed by atoms with van der Waals surface area (Å²) in [5.74, 6) is 0.280. The number of rotatable bonds is 12. The summed E-state index contributed by atoms with van der Waals surface area (Å²) in [6.45, 7) is 11.3. The van der Waals surface area contributed by atoms with Gasteiger partial charge in [0.2, 0.25) is 5.88 Å². The normalized spacial score (nSPS) is 11.9. The molecule has 0 aliphatic carbocycles. The van der Waals surface area contributed by atoms with Crippen LogP contribution in [0.1, 0.15) is 44.7 Å². The van der Waals surface area contributed by atoms with Crippen LogP contribution < -0.4 is 9.84 Å². The lowest BCUT2D eigenvalue weighted by atomic mass is 10.1. The van der Waals surface area contributed by atoms with Gasteiger partial charge in [-0.15, -0.1) is 12.4 Å². The molecule has 0 aliphatic rings. The first-order valence-corrected chi connectivity index (χ1v) is 12.6. The first-order chi connectivity index (χ1) is 16.0. The van der Waals surface area contributed by atoms with Crippen molar-refractivity contribution in [1.29, 1.82) is 0 Å². The van der Waals surface area contributed by atoms with Crippen molar-refractivity contribution in [3.63, 3.8) is 0 Å². The third-order valence-corrected chi connectivity index (χ3v) is 7.08. The van der Waals surface area contributed by atoms with Crippen molar-refractivity contribution >= 4 is 45.1 Å². The van der Waals surface area contributed by atoms with Crippen LogP contribution in [0, 0.1) is 0 Å². The van der Waals surface area contributed by atoms with Gasteiger partial charge >= 0.3 is 0 Å². The summed E-state index contributed by atoms with van der Waals surface area (Å²) in [7, 11) is 0. The minimum Gasteiger partial charge on any atom is -0.858 e. The summed E-state index contributed by atoms with van der Waals surface area (Å²) in [5, 5.41) is 14.0. The maximum absolute atomic E-state index is 13.2. The van der Waals surface area contributed by atoms with E-state index in [0.29, 0.717) is 24.6 Å². The zero-order valence-electron chi connectivity index (χ0n) is 20.3. The van der Waals surface area contributed by atoms with Gasteiger partial charge in [-0.1, -0.05) is 65.7 Å². The van der Waals surface area contributed by atoms with Crippen LogP contribution in [0.5, 0.6) is 5.88 Å². The Morgan fingerprint density at radius 3 is 2.47 bits per heavy atom. The van der Waals surface area contributed by atoms with Crippen molar-refractivity contribution in [1.82, 2.24) is 4.98 Å². The molecule has 1 aromatic heterocycles. The van der Waals surface area contributed by atoms with Crippen molar-refractivity contribution < 1.29 is 14.3 Å². The average molecular weight is 549 g/mol. The molecule has 7 heteroatoms. The average Bonchev–Trinajstić information content (AvgIpc) is 2.84. The molecule has 0 saturated carbocycles. The summed E-state index contributed by atoms with van der Waals surface area (Å²) in [4.78, 5) is 9.04. The second-order valence-electron chi connectivity index (χ2n) is 8.36. The first kappa shape index (κ1) is 28.1. The van der Waals surface area contributed by atoms with E-state index < -0.39 is 0 Å². The number of para-hydroxylation sites is 1. The zero-order chi connectivity index (χ0) is 23.7. The number of halogens is 2. The molecule has 0 atom stereocenters. The Balaban J connectivity index is 0.00000408. The molecule has 0 N–H and O–H groups in total. The van der Waals surface area contributed by atoms with Crippen molar-refractivity contribution in [3.05, 3.63) is 70.2 Å². The molecule has 34 heavy (non-hydrogen) atoms. The number of benzene rings is 2. The number of quaternary nitrogens is 1. The maximum Gasteiger partial charge on any atom is 0.214 e.